The fraction of sp³-hybridized carbons (Fsp3) is 0.286. The largest absolute Gasteiger partial charge is 0.497 e. The van der Waals surface area contributed by atoms with Crippen LogP contribution < -0.4 is 15.8 Å². The van der Waals surface area contributed by atoms with Gasteiger partial charge >= 0.3 is 0 Å². The molecule has 0 aliphatic carbocycles. The molecule has 0 fully saturated rings. The normalized spacial score (nSPS) is 10.3. The van der Waals surface area contributed by atoms with E-state index in [0.717, 1.165) is 22.7 Å². The van der Waals surface area contributed by atoms with Gasteiger partial charge in [0.05, 0.1) is 7.11 Å². The van der Waals surface area contributed by atoms with Crippen molar-refractivity contribution in [1.82, 2.24) is 10.3 Å². The van der Waals surface area contributed by atoms with Crippen molar-refractivity contribution in [3.8, 4) is 5.75 Å². The summed E-state index contributed by atoms with van der Waals surface area (Å²) in [6.45, 7) is 0.935. The molecular formula is C14H17N3O2S. The molecule has 1 aromatic carbocycles. The highest BCUT2D eigenvalue weighted by Gasteiger charge is 2.09. The van der Waals surface area contributed by atoms with Crippen molar-refractivity contribution in [2.75, 3.05) is 13.7 Å². The third-order valence-corrected chi connectivity index (χ3v) is 3.69. The van der Waals surface area contributed by atoms with Crippen LogP contribution in [0.4, 0.5) is 0 Å². The first kappa shape index (κ1) is 14.5. The van der Waals surface area contributed by atoms with Crippen LogP contribution in [-0.4, -0.2) is 24.5 Å². The van der Waals surface area contributed by atoms with E-state index in [1.54, 1.807) is 12.5 Å². The molecule has 106 valence electrons. The Morgan fingerprint density at radius 1 is 1.40 bits per heavy atom. The molecule has 2 aromatic rings. The second-order valence-corrected chi connectivity index (χ2v) is 5.13. The molecule has 1 aromatic heterocycles. The number of carbonyl (C=O) groups excluding carboxylic acids is 1. The first-order chi connectivity index (χ1) is 9.72. The molecule has 0 saturated carbocycles. The molecule has 0 aliphatic heterocycles. The van der Waals surface area contributed by atoms with Crippen LogP contribution >= 0.6 is 11.3 Å². The average Bonchev–Trinajstić information content (AvgIpc) is 2.97. The Morgan fingerprint density at radius 3 is 2.75 bits per heavy atom. The Hall–Kier alpha value is -1.92. The van der Waals surface area contributed by atoms with Crippen molar-refractivity contribution in [2.45, 2.75) is 13.0 Å². The van der Waals surface area contributed by atoms with Crippen LogP contribution in [0, 0.1) is 0 Å². The summed E-state index contributed by atoms with van der Waals surface area (Å²) in [6.07, 6.45) is 0.767. The molecule has 0 saturated heterocycles. The number of methoxy groups -OCH3 is 1. The second kappa shape index (κ2) is 7.02. The van der Waals surface area contributed by atoms with Gasteiger partial charge in [-0.2, -0.15) is 0 Å². The van der Waals surface area contributed by atoms with Crippen LogP contribution in [0.15, 0.2) is 29.6 Å². The number of benzene rings is 1. The van der Waals surface area contributed by atoms with E-state index in [-0.39, 0.29) is 5.91 Å². The zero-order valence-electron chi connectivity index (χ0n) is 11.3. The summed E-state index contributed by atoms with van der Waals surface area (Å²) >= 11 is 1.40. The molecule has 0 aliphatic rings. The van der Waals surface area contributed by atoms with Gasteiger partial charge in [-0.1, -0.05) is 12.1 Å². The van der Waals surface area contributed by atoms with Gasteiger partial charge in [0, 0.05) is 18.5 Å². The van der Waals surface area contributed by atoms with Gasteiger partial charge in [0.1, 0.15) is 16.5 Å². The number of amides is 1. The molecule has 5 nitrogen and oxygen atoms in total. The quantitative estimate of drug-likeness (QED) is 0.847. The highest BCUT2D eigenvalue weighted by molar-refractivity contribution is 7.09. The number of nitrogens with zero attached hydrogens (tertiary/aromatic N) is 1. The number of rotatable bonds is 6. The van der Waals surface area contributed by atoms with Crippen LogP contribution in [0.2, 0.25) is 0 Å². The van der Waals surface area contributed by atoms with E-state index in [1.165, 1.54) is 11.3 Å². The maximum absolute atomic E-state index is 11.8. The van der Waals surface area contributed by atoms with Crippen molar-refractivity contribution < 1.29 is 9.53 Å². The van der Waals surface area contributed by atoms with E-state index in [0.29, 0.717) is 18.8 Å². The Kier molecular flexibility index (Phi) is 5.09. The smallest absolute Gasteiger partial charge is 0.270 e. The van der Waals surface area contributed by atoms with E-state index in [2.05, 4.69) is 10.3 Å². The van der Waals surface area contributed by atoms with Crippen LogP contribution in [-0.2, 0) is 13.0 Å². The van der Waals surface area contributed by atoms with Crippen molar-refractivity contribution in [3.63, 3.8) is 0 Å². The van der Waals surface area contributed by atoms with Crippen molar-refractivity contribution in [1.29, 1.82) is 0 Å². The summed E-state index contributed by atoms with van der Waals surface area (Å²) in [5.41, 5.74) is 7.05. The van der Waals surface area contributed by atoms with Gasteiger partial charge in [0.15, 0.2) is 0 Å². The zero-order chi connectivity index (χ0) is 14.4. The Balaban J connectivity index is 1.81. The average molecular weight is 291 g/mol. The topological polar surface area (TPSA) is 77.2 Å². The molecule has 20 heavy (non-hydrogen) atoms. The lowest BCUT2D eigenvalue weighted by Gasteiger charge is -2.05. The maximum atomic E-state index is 11.8. The van der Waals surface area contributed by atoms with E-state index >= 15 is 0 Å². The first-order valence-corrected chi connectivity index (χ1v) is 7.16. The van der Waals surface area contributed by atoms with Gasteiger partial charge in [-0.3, -0.25) is 4.79 Å². The SMILES string of the molecule is COc1ccc(CCNC(=O)c2csc(CN)n2)cc1. The maximum Gasteiger partial charge on any atom is 0.270 e. The van der Waals surface area contributed by atoms with Gasteiger partial charge in [-0.25, -0.2) is 4.98 Å². The minimum Gasteiger partial charge on any atom is -0.497 e. The standard InChI is InChI=1S/C14H17N3O2S/c1-19-11-4-2-10(3-5-11)6-7-16-14(18)12-9-20-13(8-15)17-12/h2-5,9H,6-8,15H2,1H3,(H,16,18). The van der Waals surface area contributed by atoms with Crippen molar-refractivity contribution >= 4 is 17.2 Å². The van der Waals surface area contributed by atoms with Crippen LogP contribution in [0.25, 0.3) is 0 Å². The molecule has 0 bridgehead atoms. The Bertz CT molecular complexity index is 566. The lowest BCUT2D eigenvalue weighted by atomic mass is 10.1. The predicted molar refractivity (Wildman–Crippen MR) is 79.0 cm³/mol. The summed E-state index contributed by atoms with van der Waals surface area (Å²) in [5.74, 6) is 0.670. The molecule has 1 amide bonds. The summed E-state index contributed by atoms with van der Waals surface area (Å²) in [5, 5.41) is 5.34. The molecule has 0 unspecified atom stereocenters. The van der Waals surface area contributed by atoms with Gasteiger partial charge in [0.2, 0.25) is 0 Å². The third-order valence-electron chi connectivity index (χ3n) is 2.82. The molecule has 2 rings (SSSR count). The molecule has 3 N–H and O–H groups in total. The Labute approximate surface area is 121 Å². The molecule has 0 spiro atoms. The van der Waals surface area contributed by atoms with Gasteiger partial charge in [-0.05, 0) is 24.1 Å². The number of ether oxygens (including phenoxy) is 1. The van der Waals surface area contributed by atoms with Crippen molar-refractivity contribution in [2.24, 2.45) is 5.73 Å². The van der Waals surface area contributed by atoms with E-state index in [9.17, 15) is 4.79 Å². The van der Waals surface area contributed by atoms with Gasteiger partial charge < -0.3 is 15.8 Å². The van der Waals surface area contributed by atoms with Crippen LogP contribution in [0.1, 0.15) is 21.1 Å². The highest BCUT2D eigenvalue weighted by Crippen LogP contribution is 2.11. The van der Waals surface area contributed by atoms with Gasteiger partial charge in [0.25, 0.3) is 5.91 Å². The number of nitrogens with one attached hydrogen (secondary N) is 1. The number of aromatic nitrogens is 1. The first-order valence-electron chi connectivity index (χ1n) is 6.28. The van der Waals surface area contributed by atoms with Gasteiger partial charge in [-0.15, -0.1) is 11.3 Å². The summed E-state index contributed by atoms with van der Waals surface area (Å²) in [6, 6.07) is 7.79. The third kappa shape index (κ3) is 3.79. The number of thiazole rings is 1. The monoisotopic (exact) mass is 291 g/mol. The number of hydrogen-bond donors (Lipinski definition) is 2. The fourth-order valence-electron chi connectivity index (χ4n) is 1.71. The van der Waals surface area contributed by atoms with Crippen molar-refractivity contribution in [3.05, 3.63) is 45.9 Å². The van der Waals surface area contributed by atoms with Crippen LogP contribution in [0.3, 0.4) is 0 Å². The molecule has 0 atom stereocenters. The summed E-state index contributed by atoms with van der Waals surface area (Å²) in [4.78, 5) is 16.0. The predicted octanol–water partition coefficient (Wildman–Crippen LogP) is 1.58. The summed E-state index contributed by atoms with van der Waals surface area (Å²) < 4.78 is 5.10. The highest BCUT2D eigenvalue weighted by atomic mass is 32.1. The zero-order valence-corrected chi connectivity index (χ0v) is 12.1. The fourth-order valence-corrected chi connectivity index (χ4v) is 2.37. The lowest BCUT2D eigenvalue weighted by Crippen LogP contribution is -2.26. The number of nitrogens with two attached hydrogens (primary N) is 1. The van der Waals surface area contributed by atoms with E-state index < -0.39 is 0 Å². The Morgan fingerprint density at radius 2 is 2.15 bits per heavy atom. The molecule has 1 heterocycles. The number of carbonyl (C=O) groups is 1. The lowest BCUT2D eigenvalue weighted by molar-refractivity contribution is 0.0949. The minimum absolute atomic E-state index is 0.158. The van der Waals surface area contributed by atoms with E-state index in [4.69, 9.17) is 10.5 Å². The summed E-state index contributed by atoms with van der Waals surface area (Å²) in [7, 11) is 1.64. The minimum atomic E-state index is -0.158. The molecular weight excluding hydrogens is 274 g/mol. The second-order valence-electron chi connectivity index (χ2n) is 4.18. The van der Waals surface area contributed by atoms with Crippen LogP contribution in [0.5, 0.6) is 5.75 Å². The van der Waals surface area contributed by atoms with E-state index in [1.807, 2.05) is 24.3 Å². The molecule has 6 heteroatoms. The molecule has 0 radical (unpaired) electrons. The number of hydrogen-bond acceptors (Lipinski definition) is 5.